The number of ether oxygens (including phenoxy) is 1. The molecule has 0 radical (unpaired) electrons. The van der Waals surface area contributed by atoms with Gasteiger partial charge in [-0.15, -0.1) is 0 Å². The first-order chi connectivity index (χ1) is 12.6. The van der Waals surface area contributed by atoms with Crippen molar-refractivity contribution in [2.45, 2.75) is 13.8 Å². The van der Waals surface area contributed by atoms with E-state index in [1.807, 2.05) is 0 Å². The summed E-state index contributed by atoms with van der Waals surface area (Å²) in [6.45, 7) is 3.42. The minimum atomic E-state index is -1.28. The number of hydrogen-bond donors (Lipinski definition) is 1. The van der Waals surface area contributed by atoms with Crippen molar-refractivity contribution in [2.75, 3.05) is 7.11 Å². The molecule has 2 rings (SSSR count). The third-order valence-corrected chi connectivity index (χ3v) is 3.33. The van der Waals surface area contributed by atoms with Crippen molar-refractivity contribution < 1.29 is 29.3 Å². The number of carboxylic acid groups (broad SMARTS) is 1. The van der Waals surface area contributed by atoms with E-state index in [2.05, 4.69) is 4.74 Å². The van der Waals surface area contributed by atoms with Crippen LogP contribution >= 0.6 is 0 Å². The number of hydrogen-bond acceptors (Lipinski definition) is 7. The monoisotopic (exact) mass is 376 g/mol. The van der Waals surface area contributed by atoms with Crippen LogP contribution in [0.25, 0.3) is 0 Å². The molecule has 2 aromatic rings. The number of esters is 1. The lowest BCUT2D eigenvalue weighted by Crippen LogP contribution is -2.05. The third kappa shape index (κ3) is 5.59. The van der Waals surface area contributed by atoms with Crippen LogP contribution in [0.2, 0.25) is 0 Å². The number of rotatable bonds is 4. The average Bonchev–Trinajstić information content (AvgIpc) is 2.60. The molecular weight excluding hydrogens is 360 g/mol. The van der Waals surface area contributed by atoms with Gasteiger partial charge in [0.05, 0.1) is 17.0 Å². The summed E-state index contributed by atoms with van der Waals surface area (Å²) in [7, 11) is 1.19. The van der Waals surface area contributed by atoms with Crippen molar-refractivity contribution in [1.29, 1.82) is 0 Å². The molecule has 142 valence electrons. The van der Waals surface area contributed by atoms with Crippen LogP contribution in [-0.2, 0) is 4.74 Å². The minimum Gasteiger partial charge on any atom is -0.477 e. The summed E-state index contributed by atoms with van der Waals surface area (Å²) in [5.41, 5.74) is 0.557. The van der Waals surface area contributed by atoms with Gasteiger partial charge >= 0.3 is 11.9 Å². The summed E-state index contributed by atoms with van der Waals surface area (Å²) in [4.78, 5) is 41.4. The molecule has 0 spiro atoms. The Morgan fingerprint density at radius 1 is 0.889 bits per heavy atom. The molecule has 0 aliphatic carbocycles. The van der Waals surface area contributed by atoms with E-state index in [4.69, 9.17) is 5.11 Å². The number of methoxy groups -OCH3 is 1. The Kier molecular flexibility index (Phi) is 7.10. The van der Waals surface area contributed by atoms with Crippen molar-refractivity contribution in [3.63, 3.8) is 0 Å². The fourth-order valence-corrected chi connectivity index (χ4v) is 2.06. The maximum Gasteiger partial charge on any atom is 0.344 e. The topological polar surface area (TPSA) is 150 Å². The summed E-state index contributed by atoms with van der Waals surface area (Å²) in [5.74, 6) is -1.98. The summed E-state index contributed by atoms with van der Waals surface area (Å²) < 4.78 is 4.44. The van der Waals surface area contributed by atoms with E-state index in [-0.39, 0.29) is 22.5 Å². The number of benzene rings is 2. The van der Waals surface area contributed by atoms with Crippen molar-refractivity contribution in [2.24, 2.45) is 0 Å². The van der Waals surface area contributed by atoms with Gasteiger partial charge in [0.15, 0.2) is 0 Å². The molecule has 2 aromatic carbocycles. The number of carbonyl (C=O) groups excluding carboxylic acids is 1. The first-order valence-corrected chi connectivity index (χ1v) is 7.40. The van der Waals surface area contributed by atoms with Crippen LogP contribution in [0.4, 0.5) is 11.4 Å². The molecule has 0 fully saturated rings. The van der Waals surface area contributed by atoms with Crippen LogP contribution in [0.5, 0.6) is 0 Å². The Hall–Kier alpha value is -3.82. The normalized spacial score (nSPS) is 9.59. The van der Waals surface area contributed by atoms with E-state index < -0.39 is 21.8 Å². The van der Waals surface area contributed by atoms with Crippen molar-refractivity contribution in [3.8, 4) is 0 Å². The van der Waals surface area contributed by atoms with E-state index in [0.717, 1.165) is 5.56 Å². The zero-order valence-electron chi connectivity index (χ0n) is 14.7. The Labute approximate surface area is 153 Å². The van der Waals surface area contributed by atoms with Crippen LogP contribution < -0.4 is 0 Å². The minimum absolute atomic E-state index is 0.0162. The van der Waals surface area contributed by atoms with Gasteiger partial charge in [-0.25, -0.2) is 9.59 Å². The number of aryl methyl sites for hydroxylation is 2. The first-order valence-electron chi connectivity index (χ1n) is 7.40. The summed E-state index contributed by atoms with van der Waals surface area (Å²) in [5, 5.41) is 29.6. The van der Waals surface area contributed by atoms with Crippen LogP contribution in [0.15, 0.2) is 36.4 Å². The maximum absolute atomic E-state index is 11.2. The Balaban J connectivity index is 0.000000271. The second-order valence-corrected chi connectivity index (χ2v) is 5.35. The van der Waals surface area contributed by atoms with Gasteiger partial charge in [-0.3, -0.25) is 20.2 Å². The SMILES string of the molecule is COC(=O)c1cc(C)ccc1[N+](=O)[O-].Cc1ccc([N+](=O)[O-])c(C(=O)O)c1. The zero-order chi connectivity index (χ0) is 20.7. The van der Waals surface area contributed by atoms with Gasteiger partial charge in [0.1, 0.15) is 11.1 Å². The molecule has 1 N–H and O–H groups in total. The summed E-state index contributed by atoms with van der Waals surface area (Å²) in [6.07, 6.45) is 0. The number of nitro groups is 2. The lowest BCUT2D eigenvalue weighted by Gasteiger charge is -2.01. The predicted octanol–water partition coefficient (Wildman–Crippen LogP) is 3.29. The number of carbonyl (C=O) groups is 2. The molecule has 27 heavy (non-hydrogen) atoms. The highest BCUT2D eigenvalue weighted by atomic mass is 16.6. The molecule has 0 saturated heterocycles. The fraction of sp³-hybridized carbons (Fsp3) is 0.176. The van der Waals surface area contributed by atoms with Crippen molar-refractivity contribution in [1.82, 2.24) is 0 Å². The van der Waals surface area contributed by atoms with Crippen LogP contribution in [0, 0.1) is 34.1 Å². The van der Waals surface area contributed by atoms with Gasteiger partial charge in [-0.2, -0.15) is 0 Å². The molecule has 0 aliphatic rings. The number of carboxylic acids is 1. The van der Waals surface area contributed by atoms with Gasteiger partial charge in [-0.1, -0.05) is 12.1 Å². The van der Waals surface area contributed by atoms with Crippen molar-refractivity contribution in [3.05, 3.63) is 78.9 Å². The number of nitrogens with zero attached hydrogens (tertiary/aromatic N) is 2. The molecule has 10 nitrogen and oxygen atoms in total. The van der Waals surface area contributed by atoms with Crippen LogP contribution in [0.3, 0.4) is 0 Å². The quantitative estimate of drug-likeness (QED) is 0.485. The molecule has 0 aliphatic heterocycles. The Morgan fingerprint density at radius 3 is 1.67 bits per heavy atom. The Bertz CT molecular complexity index is 908. The largest absolute Gasteiger partial charge is 0.477 e. The highest BCUT2D eigenvalue weighted by Gasteiger charge is 2.20. The van der Waals surface area contributed by atoms with Crippen molar-refractivity contribution >= 4 is 23.3 Å². The van der Waals surface area contributed by atoms with E-state index in [1.165, 1.54) is 37.4 Å². The zero-order valence-corrected chi connectivity index (χ0v) is 14.7. The van der Waals surface area contributed by atoms with E-state index in [1.54, 1.807) is 19.9 Å². The van der Waals surface area contributed by atoms with Gasteiger partial charge in [0, 0.05) is 12.1 Å². The summed E-state index contributed by atoms with van der Waals surface area (Å²) >= 11 is 0. The second kappa shape index (κ2) is 9.04. The smallest absolute Gasteiger partial charge is 0.344 e. The maximum atomic E-state index is 11.2. The predicted molar refractivity (Wildman–Crippen MR) is 94.0 cm³/mol. The standard InChI is InChI=1S/C9H9NO4.C8H7NO4/c1-6-3-4-8(10(12)13)7(5-6)9(11)14-2;1-5-2-3-7(9(12)13)6(4-5)8(10)11/h3-5H,1-2H3;2-4H,1H3,(H,10,11). The van der Waals surface area contributed by atoms with E-state index in [9.17, 15) is 29.8 Å². The fourth-order valence-electron chi connectivity index (χ4n) is 2.06. The van der Waals surface area contributed by atoms with Crippen LogP contribution in [-0.4, -0.2) is 34.0 Å². The van der Waals surface area contributed by atoms with Gasteiger partial charge in [0.25, 0.3) is 11.4 Å². The molecule has 0 saturated carbocycles. The second-order valence-electron chi connectivity index (χ2n) is 5.35. The third-order valence-electron chi connectivity index (χ3n) is 3.33. The van der Waals surface area contributed by atoms with Gasteiger partial charge in [-0.05, 0) is 37.1 Å². The van der Waals surface area contributed by atoms with E-state index >= 15 is 0 Å². The number of aromatic carboxylic acids is 1. The molecule has 0 atom stereocenters. The van der Waals surface area contributed by atoms with Gasteiger partial charge in [0.2, 0.25) is 0 Å². The lowest BCUT2D eigenvalue weighted by molar-refractivity contribution is -0.385. The Morgan fingerprint density at radius 2 is 1.30 bits per heavy atom. The molecule has 0 amide bonds. The molecule has 0 heterocycles. The molecular formula is C17H16N2O8. The molecule has 10 heteroatoms. The summed E-state index contributed by atoms with van der Waals surface area (Å²) in [6, 6.07) is 8.28. The number of nitro benzene ring substituents is 2. The molecule has 0 bridgehead atoms. The van der Waals surface area contributed by atoms with Crippen LogP contribution in [0.1, 0.15) is 31.8 Å². The van der Waals surface area contributed by atoms with Gasteiger partial charge < -0.3 is 9.84 Å². The highest BCUT2D eigenvalue weighted by Crippen LogP contribution is 2.20. The van der Waals surface area contributed by atoms with E-state index in [0.29, 0.717) is 5.56 Å². The first kappa shape index (κ1) is 21.2. The lowest BCUT2D eigenvalue weighted by atomic mass is 10.1. The highest BCUT2D eigenvalue weighted by molar-refractivity contribution is 5.94. The average molecular weight is 376 g/mol. The molecule has 0 aromatic heterocycles. The molecule has 0 unspecified atom stereocenters.